The van der Waals surface area contributed by atoms with Gasteiger partial charge in [-0.3, -0.25) is 15.6 Å². The number of amides is 1. The van der Waals surface area contributed by atoms with E-state index in [0.29, 0.717) is 26.9 Å². The maximum Gasteiger partial charge on any atom is 0.270 e. The first kappa shape index (κ1) is 20.0. The number of halogens is 1. The third-order valence-corrected chi connectivity index (χ3v) is 4.42. The molecule has 0 bridgehead atoms. The number of para-hydroxylation sites is 1. The van der Waals surface area contributed by atoms with Gasteiger partial charge in [-0.2, -0.15) is 0 Å². The normalized spacial score (nSPS) is 11.1. The van der Waals surface area contributed by atoms with Crippen LogP contribution in [0.3, 0.4) is 0 Å². The predicted octanol–water partition coefficient (Wildman–Crippen LogP) is 4.46. The summed E-state index contributed by atoms with van der Waals surface area (Å²) in [5.74, 6) is -0.315. The minimum absolute atomic E-state index is 0.213. The molecular weight excluding hydrogens is 392 g/mol. The standard InChI is InChI=1S/C21H21ClN4OS/c1-21(2,3)24-20(28)26-25-19(27)15-12-18(14-9-4-6-10-16(14)22)23-17-11-7-5-8-13(15)17/h4-12H,1-3H3,(H,25,27)(H2,24,26,28). The first-order chi connectivity index (χ1) is 13.2. The van der Waals surface area contributed by atoms with Crippen molar-refractivity contribution in [3.05, 3.63) is 65.2 Å². The van der Waals surface area contributed by atoms with Gasteiger partial charge in [-0.05, 0) is 51.2 Å². The van der Waals surface area contributed by atoms with Crippen molar-refractivity contribution in [2.75, 3.05) is 0 Å². The van der Waals surface area contributed by atoms with E-state index in [1.807, 2.05) is 63.2 Å². The summed E-state index contributed by atoms with van der Waals surface area (Å²) in [6.45, 7) is 5.94. The van der Waals surface area contributed by atoms with Crippen LogP contribution in [0.5, 0.6) is 0 Å². The third-order valence-electron chi connectivity index (χ3n) is 3.89. The molecule has 0 aliphatic carbocycles. The van der Waals surface area contributed by atoms with Gasteiger partial charge in [0.2, 0.25) is 0 Å². The van der Waals surface area contributed by atoms with Gasteiger partial charge in [0, 0.05) is 21.5 Å². The monoisotopic (exact) mass is 412 g/mol. The Balaban J connectivity index is 1.94. The zero-order chi connectivity index (χ0) is 20.3. The van der Waals surface area contributed by atoms with E-state index in [4.69, 9.17) is 23.8 Å². The molecule has 0 aliphatic heterocycles. The molecule has 5 nitrogen and oxygen atoms in total. The highest BCUT2D eigenvalue weighted by Gasteiger charge is 2.16. The molecule has 0 radical (unpaired) electrons. The van der Waals surface area contributed by atoms with Crippen LogP contribution in [-0.4, -0.2) is 21.5 Å². The Labute approximate surface area is 174 Å². The van der Waals surface area contributed by atoms with Gasteiger partial charge in [0.25, 0.3) is 5.91 Å². The molecule has 7 heteroatoms. The van der Waals surface area contributed by atoms with E-state index in [1.165, 1.54) is 0 Å². The Bertz CT molecular complexity index is 1050. The summed E-state index contributed by atoms with van der Waals surface area (Å²) in [5, 5.41) is 4.74. The van der Waals surface area contributed by atoms with E-state index in [0.717, 1.165) is 10.9 Å². The van der Waals surface area contributed by atoms with Gasteiger partial charge >= 0.3 is 0 Å². The van der Waals surface area contributed by atoms with Gasteiger partial charge in [0.15, 0.2) is 5.11 Å². The van der Waals surface area contributed by atoms with Crippen molar-refractivity contribution < 1.29 is 4.79 Å². The summed E-state index contributed by atoms with van der Waals surface area (Å²) in [6, 6.07) is 16.6. The number of hydrogen-bond acceptors (Lipinski definition) is 3. The molecule has 144 valence electrons. The van der Waals surface area contributed by atoms with Crippen LogP contribution in [-0.2, 0) is 0 Å². The summed E-state index contributed by atoms with van der Waals surface area (Å²) in [7, 11) is 0. The lowest BCUT2D eigenvalue weighted by Crippen LogP contribution is -2.52. The minimum Gasteiger partial charge on any atom is -0.357 e. The number of hydrazine groups is 1. The third kappa shape index (κ3) is 4.77. The molecule has 2 aromatic carbocycles. The van der Waals surface area contributed by atoms with Crippen LogP contribution in [0.15, 0.2) is 54.6 Å². The summed E-state index contributed by atoms with van der Waals surface area (Å²) in [5.41, 5.74) is 7.77. The first-order valence-electron chi connectivity index (χ1n) is 8.78. The van der Waals surface area contributed by atoms with Gasteiger partial charge < -0.3 is 5.32 Å². The van der Waals surface area contributed by atoms with E-state index in [2.05, 4.69) is 21.2 Å². The van der Waals surface area contributed by atoms with Gasteiger partial charge in [-0.1, -0.05) is 48.0 Å². The Kier molecular flexibility index (Phi) is 5.82. The number of nitrogens with one attached hydrogen (secondary N) is 3. The highest BCUT2D eigenvalue weighted by Crippen LogP contribution is 2.29. The average molecular weight is 413 g/mol. The van der Waals surface area contributed by atoms with Crippen LogP contribution in [0.2, 0.25) is 5.02 Å². The van der Waals surface area contributed by atoms with Crippen molar-refractivity contribution in [2.24, 2.45) is 0 Å². The van der Waals surface area contributed by atoms with Crippen molar-refractivity contribution in [3.63, 3.8) is 0 Å². The van der Waals surface area contributed by atoms with Crippen molar-refractivity contribution in [3.8, 4) is 11.3 Å². The topological polar surface area (TPSA) is 66.0 Å². The molecule has 0 atom stereocenters. The molecule has 1 heterocycles. The number of hydrogen-bond donors (Lipinski definition) is 3. The molecule has 0 fully saturated rings. The number of aromatic nitrogens is 1. The van der Waals surface area contributed by atoms with E-state index < -0.39 is 0 Å². The Hall–Kier alpha value is -2.70. The van der Waals surface area contributed by atoms with E-state index in [1.54, 1.807) is 12.1 Å². The van der Waals surface area contributed by atoms with Crippen molar-refractivity contribution in [2.45, 2.75) is 26.3 Å². The molecule has 3 rings (SSSR count). The predicted molar refractivity (Wildman–Crippen MR) is 118 cm³/mol. The van der Waals surface area contributed by atoms with Crippen LogP contribution in [0.25, 0.3) is 22.2 Å². The number of benzene rings is 2. The summed E-state index contributed by atoms with van der Waals surface area (Å²) < 4.78 is 0. The van der Waals surface area contributed by atoms with E-state index in [-0.39, 0.29) is 11.4 Å². The van der Waals surface area contributed by atoms with E-state index in [9.17, 15) is 4.79 Å². The Morgan fingerprint density at radius 2 is 1.71 bits per heavy atom. The molecule has 28 heavy (non-hydrogen) atoms. The highest BCUT2D eigenvalue weighted by atomic mass is 35.5. The van der Waals surface area contributed by atoms with Crippen LogP contribution in [0, 0.1) is 0 Å². The maximum atomic E-state index is 12.9. The number of rotatable bonds is 2. The largest absolute Gasteiger partial charge is 0.357 e. The SMILES string of the molecule is CC(C)(C)NC(=S)NNC(=O)c1cc(-c2ccccc2Cl)nc2ccccc12. The number of carbonyl (C=O) groups is 1. The number of carbonyl (C=O) groups excluding carboxylic acids is 1. The smallest absolute Gasteiger partial charge is 0.270 e. The lowest BCUT2D eigenvalue weighted by molar-refractivity contribution is 0.0945. The fourth-order valence-corrected chi connectivity index (χ4v) is 3.31. The first-order valence-corrected chi connectivity index (χ1v) is 9.56. The van der Waals surface area contributed by atoms with Gasteiger partial charge in [0.05, 0.1) is 16.8 Å². The Morgan fingerprint density at radius 3 is 2.43 bits per heavy atom. The number of nitrogens with zero attached hydrogens (tertiary/aromatic N) is 1. The van der Waals surface area contributed by atoms with Crippen LogP contribution in [0.4, 0.5) is 0 Å². The van der Waals surface area contributed by atoms with Crippen molar-refractivity contribution >= 4 is 45.7 Å². The van der Waals surface area contributed by atoms with Gasteiger partial charge in [-0.25, -0.2) is 4.98 Å². The quantitative estimate of drug-likeness (QED) is 0.428. The molecule has 0 aliphatic rings. The van der Waals surface area contributed by atoms with E-state index >= 15 is 0 Å². The minimum atomic E-state index is -0.315. The number of pyridine rings is 1. The second kappa shape index (κ2) is 8.12. The summed E-state index contributed by atoms with van der Waals surface area (Å²) >= 11 is 11.5. The fraction of sp³-hybridized carbons (Fsp3) is 0.190. The molecule has 0 unspecified atom stereocenters. The maximum absolute atomic E-state index is 12.9. The summed E-state index contributed by atoms with van der Waals surface area (Å²) in [4.78, 5) is 17.5. The lowest BCUT2D eigenvalue weighted by Gasteiger charge is -2.23. The van der Waals surface area contributed by atoms with Crippen molar-refractivity contribution in [1.29, 1.82) is 0 Å². The van der Waals surface area contributed by atoms with Crippen molar-refractivity contribution in [1.82, 2.24) is 21.2 Å². The zero-order valence-electron chi connectivity index (χ0n) is 15.8. The second-order valence-electron chi connectivity index (χ2n) is 7.34. The molecule has 0 saturated carbocycles. The Morgan fingerprint density at radius 1 is 1.04 bits per heavy atom. The van der Waals surface area contributed by atoms with Crippen LogP contribution >= 0.6 is 23.8 Å². The average Bonchev–Trinajstić information content (AvgIpc) is 2.64. The molecule has 1 amide bonds. The van der Waals surface area contributed by atoms with Gasteiger partial charge in [0.1, 0.15) is 0 Å². The van der Waals surface area contributed by atoms with Crippen LogP contribution in [0.1, 0.15) is 31.1 Å². The van der Waals surface area contributed by atoms with Gasteiger partial charge in [-0.15, -0.1) is 0 Å². The summed E-state index contributed by atoms with van der Waals surface area (Å²) in [6.07, 6.45) is 0. The molecule has 0 spiro atoms. The highest BCUT2D eigenvalue weighted by molar-refractivity contribution is 7.80. The fourth-order valence-electron chi connectivity index (χ4n) is 2.72. The molecular formula is C21H21ClN4OS. The molecule has 3 N–H and O–H groups in total. The molecule has 0 saturated heterocycles. The second-order valence-corrected chi connectivity index (χ2v) is 8.15. The molecule has 3 aromatic rings. The van der Waals surface area contributed by atoms with Crippen LogP contribution < -0.4 is 16.2 Å². The lowest BCUT2D eigenvalue weighted by atomic mass is 10.0. The number of fused-ring (bicyclic) bond motifs is 1. The molecule has 1 aromatic heterocycles. The zero-order valence-corrected chi connectivity index (χ0v) is 17.4. The number of thiocarbonyl (C=S) groups is 1.